The Balaban J connectivity index is 0.000000204. The third kappa shape index (κ3) is 10.8. The number of Topliss-reactive ketones (excluding diaryl/α,β-unsaturated/α-hetero) is 2. The van der Waals surface area contributed by atoms with Gasteiger partial charge in [-0.1, -0.05) is 82.3 Å². The van der Waals surface area contributed by atoms with Gasteiger partial charge in [0.2, 0.25) is 0 Å². The van der Waals surface area contributed by atoms with Gasteiger partial charge in [0.1, 0.15) is 0 Å². The van der Waals surface area contributed by atoms with Gasteiger partial charge in [-0.05, 0) is 77.7 Å². The summed E-state index contributed by atoms with van der Waals surface area (Å²) in [6.45, 7) is 1.84. The highest BCUT2D eigenvalue weighted by molar-refractivity contribution is 7.93. The monoisotopic (exact) mass is 1020 g/mol. The third-order valence-corrected chi connectivity index (χ3v) is 17.1. The van der Waals surface area contributed by atoms with Crippen LogP contribution in [0.1, 0.15) is 98.6 Å². The Bertz CT molecular complexity index is 3220. The number of carbonyl (C=O) groups is 6. The average Bonchev–Trinajstić information content (AvgIpc) is 4.16. The molecule has 4 heterocycles. The Morgan fingerprint density at radius 2 is 1.03 bits per heavy atom. The molecule has 30 heteroatoms. The van der Waals surface area contributed by atoms with Gasteiger partial charge in [0.05, 0.1) is 11.4 Å². The number of nitrogens with zero attached hydrogens (tertiary/aromatic N) is 10. The molecule has 2 fully saturated rings. The number of anilines is 4. The minimum Gasteiger partial charge on any atom is -0.476 e. The highest BCUT2D eigenvalue weighted by atomic mass is 32.2. The number of carboxylic acid groups (broad SMARTS) is 2. The molecule has 0 atom stereocenters. The van der Waals surface area contributed by atoms with Gasteiger partial charge >= 0.3 is 24.0 Å². The van der Waals surface area contributed by atoms with E-state index in [-0.39, 0.29) is 45.0 Å². The minimum absolute atomic E-state index is 0.0467. The molecule has 2 aliphatic carbocycles. The predicted octanol–water partition coefficient (Wildman–Crippen LogP) is 4.74. The number of aromatic nitrogens is 10. The maximum atomic E-state index is 13.0. The Morgan fingerprint density at radius 1 is 0.609 bits per heavy atom. The van der Waals surface area contributed by atoms with Crippen LogP contribution in [0, 0.1) is 18.8 Å². The fraction of sp³-hybridized carbons (Fsp3) is 0.333. The first-order valence-electron chi connectivity index (χ1n) is 20.6. The van der Waals surface area contributed by atoms with Crippen molar-refractivity contribution >= 4 is 99.6 Å². The van der Waals surface area contributed by atoms with E-state index in [1.54, 1.807) is 42.5 Å². The highest BCUT2D eigenvalue weighted by Gasteiger charge is 2.36. The number of carboxylic acids is 2. The summed E-state index contributed by atoms with van der Waals surface area (Å²) in [6, 6.07) is 9.99. The molecule has 0 bridgehead atoms. The fourth-order valence-electron chi connectivity index (χ4n) is 7.51. The van der Waals surface area contributed by atoms with E-state index in [2.05, 4.69) is 62.3 Å². The molecule has 0 aliphatic heterocycles. The van der Waals surface area contributed by atoms with Crippen molar-refractivity contribution in [2.24, 2.45) is 25.9 Å². The van der Waals surface area contributed by atoms with Crippen LogP contribution in [0.5, 0.6) is 0 Å². The Labute approximate surface area is 398 Å². The number of hydrogen-bond acceptors (Lipinski definition) is 20. The smallest absolute Gasteiger partial charge is 0.356 e. The third-order valence-electron chi connectivity index (χ3n) is 10.8. The highest BCUT2D eigenvalue weighted by Crippen LogP contribution is 2.35. The summed E-state index contributed by atoms with van der Waals surface area (Å²) in [4.78, 5) is 81.9. The van der Waals surface area contributed by atoms with Crippen LogP contribution >= 0.6 is 22.7 Å². The van der Waals surface area contributed by atoms with Gasteiger partial charge in [-0.25, -0.2) is 55.3 Å². The zero-order chi connectivity index (χ0) is 49.8. The van der Waals surface area contributed by atoms with E-state index in [9.17, 15) is 55.8 Å². The number of hydrogen-bond donors (Lipinski definition) is 6. The second-order valence-corrected chi connectivity index (χ2v) is 21.6. The van der Waals surface area contributed by atoms with E-state index in [0.717, 1.165) is 66.3 Å². The fourth-order valence-corrected chi connectivity index (χ4v) is 12.8. The molecule has 2 saturated carbocycles. The topological polar surface area (TPSA) is 372 Å². The average molecular weight is 1030 g/mol. The van der Waals surface area contributed by atoms with Crippen molar-refractivity contribution < 1.29 is 55.8 Å². The molecule has 0 spiro atoms. The van der Waals surface area contributed by atoms with E-state index < -0.39 is 73.8 Å². The normalized spacial score (nSPS) is 14.1. The molecule has 0 saturated heterocycles. The number of rotatable bonds is 14. The van der Waals surface area contributed by atoms with Crippen molar-refractivity contribution in [3.05, 3.63) is 70.5 Å². The molecule has 6 N–H and O–H groups in total. The summed E-state index contributed by atoms with van der Waals surface area (Å²) < 4.78 is 52.0. The summed E-state index contributed by atoms with van der Waals surface area (Å²) in [7, 11) is -6.27. The van der Waals surface area contributed by atoms with Crippen LogP contribution in [0.2, 0.25) is 0 Å². The van der Waals surface area contributed by atoms with E-state index in [1.165, 1.54) is 14.1 Å². The second-order valence-electron chi connectivity index (χ2n) is 15.5. The maximum Gasteiger partial charge on any atom is 0.356 e. The first-order valence-corrected chi connectivity index (χ1v) is 25.2. The minimum atomic E-state index is -4.42. The molecule has 8 rings (SSSR count). The van der Waals surface area contributed by atoms with Crippen molar-refractivity contribution in [3.8, 4) is 0 Å². The SMILES string of the molecule is Cc1ccc(NC(=O)Nc2nc(C(=O)O)c(S(=O)(=O)c3nnnn3C)s2)c(C(=O)C2CCCC2)c1.Cn1nnnc1S(=O)(=O)c1sc(NC(=O)Nc2ccccc2C(=O)C2CCCC2)nc1C(=O)O. The largest absolute Gasteiger partial charge is 0.476 e. The van der Waals surface area contributed by atoms with Crippen molar-refractivity contribution in [3.63, 3.8) is 0 Å². The van der Waals surface area contributed by atoms with Gasteiger partial charge in [-0.3, -0.25) is 20.2 Å². The van der Waals surface area contributed by atoms with Crippen LogP contribution in [0.15, 0.2) is 61.2 Å². The lowest BCUT2D eigenvalue weighted by Gasteiger charge is -2.14. The molecule has 362 valence electrons. The Hall–Kier alpha value is -7.44. The first kappa shape index (κ1) is 49.5. The van der Waals surface area contributed by atoms with Gasteiger partial charge in [-0.15, -0.1) is 0 Å². The van der Waals surface area contributed by atoms with Gasteiger partial charge in [0.25, 0.3) is 30.0 Å². The van der Waals surface area contributed by atoms with Crippen molar-refractivity contribution in [1.29, 1.82) is 0 Å². The van der Waals surface area contributed by atoms with E-state index in [1.807, 2.05) is 6.92 Å². The second kappa shape index (κ2) is 20.4. The van der Waals surface area contributed by atoms with Crippen molar-refractivity contribution in [2.75, 3.05) is 21.3 Å². The number of thiazole rings is 2. The van der Waals surface area contributed by atoms with Crippen LogP contribution < -0.4 is 21.3 Å². The molecule has 2 aromatic carbocycles. The molecular formula is C39H40N14O12S4. The standard InChI is InChI=1S/C20H21N7O6S2.C19H19N7O6S2/c1-10-7-8-13(12(9-10)15(28)11-5-3-4-6-11)21-18(31)23-19-22-14(16(29)30)17(34-19)35(32,33)20-24-25-26-27(20)2;1-26-19(23-24-25-26)34(31,32)16-13(15(28)29)21-18(33-16)22-17(30)20-12-9-5-4-8-11(12)14(27)10-6-2-3-7-10/h7-9,11H,3-6H2,1-2H3,(H,29,30)(H2,21,22,23,31);4-5,8-10H,2-3,6-7H2,1H3,(H,28,29)(H2,20,21,22,30). The molecule has 26 nitrogen and oxygen atoms in total. The number of aryl methyl sites for hydroxylation is 3. The molecule has 4 aromatic heterocycles. The van der Waals surface area contributed by atoms with E-state index in [0.29, 0.717) is 33.8 Å². The van der Waals surface area contributed by atoms with Crippen LogP contribution in [0.3, 0.4) is 0 Å². The Kier molecular flexibility index (Phi) is 14.6. The molecular weight excluding hydrogens is 985 g/mol. The number of carbonyl (C=O) groups excluding carboxylic acids is 4. The quantitative estimate of drug-likeness (QED) is 0.0802. The lowest BCUT2D eigenvalue weighted by molar-refractivity contribution is 0.0677. The number of benzene rings is 2. The molecule has 0 unspecified atom stereocenters. The molecule has 2 aliphatic rings. The number of amides is 4. The number of aromatic carboxylic acids is 2. The van der Waals surface area contributed by atoms with Crippen molar-refractivity contribution in [2.45, 2.75) is 77.0 Å². The van der Waals surface area contributed by atoms with Crippen molar-refractivity contribution in [1.82, 2.24) is 50.4 Å². The summed E-state index contributed by atoms with van der Waals surface area (Å²) in [5.74, 6) is -3.50. The zero-order valence-electron chi connectivity index (χ0n) is 36.4. The predicted molar refractivity (Wildman–Crippen MR) is 242 cm³/mol. The lowest BCUT2D eigenvalue weighted by atomic mass is 9.94. The summed E-state index contributed by atoms with van der Waals surface area (Å²) in [5.41, 5.74) is 0.628. The summed E-state index contributed by atoms with van der Waals surface area (Å²) in [6.07, 6.45) is 7.13. The Morgan fingerprint density at radius 3 is 1.45 bits per heavy atom. The zero-order valence-corrected chi connectivity index (χ0v) is 39.7. The molecule has 4 amide bonds. The van der Waals surface area contributed by atoms with Crippen LogP contribution in [0.25, 0.3) is 0 Å². The van der Waals surface area contributed by atoms with Gasteiger partial charge in [-0.2, -0.15) is 0 Å². The maximum absolute atomic E-state index is 13.0. The number of tetrazole rings is 2. The van der Waals surface area contributed by atoms with E-state index in [4.69, 9.17) is 0 Å². The lowest BCUT2D eigenvalue weighted by Crippen LogP contribution is -2.22. The first-order chi connectivity index (χ1) is 32.8. The van der Waals surface area contributed by atoms with E-state index >= 15 is 0 Å². The number of ketones is 2. The van der Waals surface area contributed by atoms with Crippen LogP contribution in [0.4, 0.5) is 31.2 Å². The number of sulfone groups is 2. The molecule has 0 radical (unpaired) electrons. The van der Waals surface area contributed by atoms with Gasteiger partial charge < -0.3 is 20.8 Å². The number of nitrogens with one attached hydrogen (secondary N) is 4. The van der Waals surface area contributed by atoms with Gasteiger partial charge in [0.15, 0.2) is 41.6 Å². The summed E-state index contributed by atoms with van der Waals surface area (Å²) >= 11 is 0.890. The summed E-state index contributed by atoms with van der Waals surface area (Å²) in [5, 5.41) is 47.3. The molecule has 69 heavy (non-hydrogen) atoms. The molecule has 6 aromatic rings. The van der Waals surface area contributed by atoms with Crippen LogP contribution in [-0.4, -0.2) is 113 Å². The number of urea groups is 2. The number of para-hydroxylation sites is 1. The van der Waals surface area contributed by atoms with Gasteiger partial charge in [0, 0.05) is 37.1 Å². The van der Waals surface area contributed by atoms with Crippen LogP contribution in [-0.2, 0) is 33.8 Å².